The molecule has 2 aromatic heterocycles. The van der Waals surface area contributed by atoms with Gasteiger partial charge in [-0.15, -0.1) is 0 Å². The Morgan fingerprint density at radius 1 is 1.04 bits per heavy atom. The van der Waals surface area contributed by atoms with Crippen LogP contribution in [0.4, 0.5) is 0 Å². The molecule has 2 heterocycles. The highest BCUT2D eigenvalue weighted by atomic mass is 16.5. The van der Waals surface area contributed by atoms with Crippen LogP contribution in [0.5, 0.6) is 11.5 Å². The molecule has 0 saturated carbocycles. The summed E-state index contributed by atoms with van der Waals surface area (Å²) in [5.41, 5.74) is 4.35. The molecule has 0 aliphatic rings. The normalized spacial score (nSPS) is 10.5. The van der Waals surface area contributed by atoms with Crippen molar-refractivity contribution in [2.24, 2.45) is 0 Å². The Balaban J connectivity index is 1.56. The van der Waals surface area contributed by atoms with E-state index in [1.165, 1.54) is 0 Å². The number of methoxy groups -OCH3 is 1. The molecule has 0 bridgehead atoms. The average Bonchev–Trinajstić information content (AvgIpc) is 3.17. The molecule has 4 aromatic rings. The quantitative estimate of drug-likeness (QED) is 0.530. The molecule has 2 aromatic carbocycles. The first-order valence-electron chi connectivity index (χ1n) is 8.51. The molecule has 4 rings (SSSR count). The van der Waals surface area contributed by atoms with Crippen LogP contribution in [-0.2, 0) is 6.61 Å². The molecular weight excluding hydrogens is 338 g/mol. The lowest BCUT2D eigenvalue weighted by Gasteiger charge is -2.12. The average molecular weight is 355 g/mol. The van der Waals surface area contributed by atoms with Crippen molar-refractivity contribution in [2.45, 2.75) is 6.61 Å². The van der Waals surface area contributed by atoms with Crippen molar-refractivity contribution in [3.05, 3.63) is 84.2 Å². The standard InChI is InChI=1S/C22H17N3O2/c1-26-21-12-18(19-14-25-11-3-2-4-22(25)24-19)9-10-20(21)27-15-17-7-5-16(13-23)6-8-17/h2-12,14H,15H2,1H3. The van der Waals surface area contributed by atoms with Crippen LogP contribution in [0.3, 0.4) is 0 Å². The molecular formula is C22H17N3O2. The zero-order valence-corrected chi connectivity index (χ0v) is 14.8. The third-order valence-corrected chi connectivity index (χ3v) is 4.30. The van der Waals surface area contributed by atoms with E-state index < -0.39 is 0 Å². The molecule has 0 saturated heterocycles. The van der Waals surface area contributed by atoms with Gasteiger partial charge in [-0.2, -0.15) is 5.26 Å². The number of rotatable bonds is 5. The summed E-state index contributed by atoms with van der Waals surface area (Å²) in [6.45, 7) is 0.399. The summed E-state index contributed by atoms with van der Waals surface area (Å²) in [6.07, 6.45) is 3.96. The Kier molecular flexibility index (Phi) is 4.46. The molecule has 0 amide bonds. The van der Waals surface area contributed by atoms with Gasteiger partial charge in [-0.3, -0.25) is 0 Å². The van der Waals surface area contributed by atoms with E-state index >= 15 is 0 Å². The van der Waals surface area contributed by atoms with Gasteiger partial charge in [0.25, 0.3) is 0 Å². The van der Waals surface area contributed by atoms with Gasteiger partial charge in [0.1, 0.15) is 12.3 Å². The largest absolute Gasteiger partial charge is 0.493 e. The lowest BCUT2D eigenvalue weighted by Crippen LogP contribution is -1.98. The van der Waals surface area contributed by atoms with Gasteiger partial charge in [-0.05, 0) is 48.0 Å². The van der Waals surface area contributed by atoms with E-state index in [1.54, 1.807) is 19.2 Å². The number of imidazole rings is 1. The number of aromatic nitrogens is 2. The number of benzene rings is 2. The van der Waals surface area contributed by atoms with Crippen molar-refractivity contribution in [2.75, 3.05) is 7.11 Å². The molecule has 0 N–H and O–H groups in total. The van der Waals surface area contributed by atoms with Crippen molar-refractivity contribution < 1.29 is 9.47 Å². The molecule has 5 nitrogen and oxygen atoms in total. The zero-order chi connectivity index (χ0) is 18.6. The molecule has 0 spiro atoms. The number of nitrogens with zero attached hydrogens (tertiary/aromatic N) is 3. The highest BCUT2D eigenvalue weighted by molar-refractivity contribution is 5.66. The molecule has 5 heteroatoms. The Bertz CT molecular complexity index is 1090. The van der Waals surface area contributed by atoms with Crippen LogP contribution in [0, 0.1) is 11.3 Å². The molecule has 0 radical (unpaired) electrons. The van der Waals surface area contributed by atoms with E-state index in [9.17, 15) is 0 Å². The minimum Gasteiger partial charge on any atom is -0.493 e. The van der Waals surface area contributed by atoms with E-state index in [0.717, 1.165) is 22.5 Å². The zero-order valence-electron chi connectivity index (χ0n) is 14.8. The van der Waals surface area contributed by atoms with E-state index in [4.69, 9.17) is 14.7 Å². The monoisotopic (exact) mass is 355 g/mol. The number of nitriles is 1. The third-order valence-electron chi connectivity index (χ3n) is 4.30. The summed E-state index contributed by atoms with van der Waals surface area (Å²) < 4.78 is 13.4. The molecule has 0 atom stereocenters. The summed E-state index contributed by atoms with van der Waals surface area (Å²) in [5.74, 6) is 1.31. The van der Waals surface area contributed by atoms with Crippen LogP contribution in [0.25, 0.3) is 16.9 Å². The van der Waals surface area contributed by atoms with Crippen molar-refractivity contribution in [3.8, 4) is 28.8 Å². The topological polar surface area (TPSA) is 59.6 Å². The molecule has 0 unspecified atom stereocenters. The fourth-order valence-electron chi connectivity index (χ4n) is 2.86. The number of pyridine rings is 1. The van der Waals surface area contributed by atoms with Crippen LogP contribution >= 0.6 is 0 Å². The Labute approximate surface area is 157 Å². The van der Waals surface area contributed by atoms with Gasteiger partial charge >= 0.3 is 0 Å². The van der Waals surface area contributed by atoms with Crippen LogP contribution in [0.1, 0.15) is 11.1 Å². The Morgan fingerprint density at radius 3 is 2.63 bits per heavy atom. The molecule has 132 valence electrons. The Hall–Kier alpha value is -3.78. The molecule has 0 fully saturated rings. The third kappa shape index (κ3) is 3.46. The summed E-state index contributed by atoms with van der Waals surface area (Å²) in [5, 5.41) is 8.87. The minimum atomic E-state index is 0.399. The number of fused-ring (bicyclic) bond motifs is 1. The van der Waals surface area contributed by atoms with Gasteiger partial charge in [0.15, 0.2) is 11.5 Å². The van der Waals surface area contributed by atoms with Crippen LogP contribution in [-0.4, -0.2) is 16.5 Å². The summed E-state index contributed by atoms with van der Waals surface area (Å²) in [6, 6.07) is 21.1. The fourth-order valence-corrected chi connectivity index (χ4v) is 2.86. The van der Waals surface area contributed by atoms with Crippen LogP contribution < -0.4 is 9.47 Å². The smallest absolute Gasteiger partial charge is 0.161 e. The van der Waals surface area contributed by atoms with Crippen molar-refractivity contribution in [1.29, 1.82) is 5.26 Å². The van der Waals surface area contributed by atoms with E-state index in [0.29, 0.717) is 23.7 Å². The van der Waals surface area contributed by atoms with Gasteiger partial charge in [0, 0.05) is 18.0 Å². The van der Waals surface area contributed by atoms with E-state index in [-0.39, 0.29) is 0 Å². The maximum absolute atomic E-state index is 8.87. The first-order chi connectivity index (χ1) is 13.3. The van der Waals surface area contributed by atoms with Gasteiger partial charge in [-0.25, -0.2) is 4.98 Å². The molecule has 27 heavy (non-hydrogen) atoms. The summed E-state index contributed by atoms with van der Waals surface area (Å²) >= 11 is 0. The predicted molar refractivity (Wildman–Crippen MR) is 103 cm³/mol. The number of hydrogen-bond donors (Lipinski definition) is 0. The lowest BCUT2D eigenvalue weighted by atomic mass is 10.1. The summed E-state index contributed by atoms with van der Waals surface area (Å²) in [7, 11) is 1.62. The van der Waals surface area contributed by atoms with Crippen molar-refractivity contribution in [1.82, 2.24) is 9.38 Å². The van der Waals surface area contributed by atoms with Crippen LogP contribution in [0.15, 0.2) is 73.1 Å². The minimum absolute atomic E-state index is 0.399. The van der Waals surface area contributed by atoms with Gasteiger partial charge in [0.05, 0.1) is 24.4 Å². The maximum Gasteiger partial charge on any atom is 0.161 e. The first kappa shape index (κ1) is 16.7. The highest BCUT2D eigenvalue weighted by Gasteiger charge is 2.10. The number of ether oxygens (including phenoxy) is 2. The molecule has 0 aliphatic carbocycles. The fraction of sp³-hybridized carbons (Fsp3) is 0.0909. The maximum atomic E-state index is 8.87. The summed E-state index contributed by atoms with van der Waals surface area (Å²) in [4.78, 5) is 4.64. The highest BCUT2D eigenvalue weighted by Crippen LogP contribution is 2.32. The second kappa shape index (κ2) is 7.22. The van der Waals surface area contributed by atoms with Gasteiger partial charge in [-0.1, -0.05) is 18.2 Å². The van der Waals surface area contributed by atoms with Gasteiger partial charge < -0.3 is 13.9 Å². The van der Waals surface area contributed by atoms with E-state index in [1.807, 2.05) is 65.3 Å². The van der Waals surface area contributed by atoms with E-state index in [2.05, 4.69) is 11.1 Å². The second-order valence-corrected chi connectivity index (χ2v) is 6.06. The molecule has 0 aliphatic heterocycles. The first-order valence-corrected chi connectivity index (χ1v) is 8.51. The van der Waals surface area contributed by atoms with Gasteiger partial charge in [0.2, 0.25) is 0 Å². The van der Waals surface area contributed by atoms with Crippen LogP contribution in [0.2, 0.25) is 0 Å². The lowest BCUT2D eigenvalue weighted by molar-refractivity contribution is 0.284. The van der Waals surface area contributed by atoms with Crippen molar-refractivity contribution >= 4 is 5.65 Å². The predicted octanol–water partition coefficient (Wildman–Crippen LogP) is 4.46. The number of hydrogen-bond acceptors (Lipinski definition) is 4. The van der Waals surface area contributed by atoms with Crippen molar-refractivity contribution in [3.63, 3.8) is 0 Å². The SMILES string of the molecule is COc1cc(-c2cn3ccccc3n2)ccc1OCc1ccc(C#N)cc1. The second-order valence-electron chi connectivity index (χ2n) is 6.06. The Morgan fingerprint density at radius 2 is 1.89 bits per heavy atom.